The Kier molecular flexibility index (Phi) is 3.55. The van der Waals surface area contributed by atoms with Crippen LogP contribution in [0.2, 0.25) is 0 Å². The van der Waals surface area contributed by atoms with Crippen LogP contribution in [0, 0.1) is 17.7 Å². The van der Waals surface area contributed by atoms with E-state index in [2.05, 4.69) is 19.2 Å². The van der Waals surface area contributed by atoms with E-state index in [0.717, 1.165) is 11.3 Å². The number of hydrogen-bond acceptors (Lipinski definition) is 3. The first-order valence-corrected chi connectivity index (χ1v) is 6.15. The average molecular weight is 251 g/mol. The lowest BCUT2D eigenvalue weighted by Gasteiger charge is -2.35. The number of halogens is 1. The number of carbonyl (C=O) groups excluding carboxylic acids is 1. The van der Waals surface area contributed by atoms with Gasteiger partial charge in [0.25, 0.3) is 0 Å². The van der Waals surface area contributed by atoms with E-state index in [1.165, 1.54) is 19.2 Å². The van der Waals surface area contributed by atoms with Crippen molar-refractivity contribution in [1.29, 1.82) is 0 Å². The summed E-state index contributed by atoms with van der Waals surface area (Å²) in [5.74, 6) is -0.477. The van der Waals surface area contributed by atoms with Gasteiger partial charge in [0.1, 0.15) is 5.82 Å². The highest BCUT2D eigenvalue weighted by atomic mass is 19.1. The molecular formula is C14H18FNO2. The number of esters is 1. The highest BCUT2D eigenvalue weighted by molar-refractivity contribution is 5.76. The minimum atomic E-state index is -0.276. The Labute approximate surface area is 106 Å². The zero-order valence-electron chi connectivity index (χ0n) is 10.9. The second-order valence-corrected chi connectivity index (χ2v) is 5.05. The predicted octanol–water partition coefficient (Wildman–Crippen LogP) is 2.61. The Morgan fingerprint density at radius 2 is 2.22 bits per heavy atom. The lowest BCUT2D eigenvalue weighted by molar-refractivity contribution is -0.146. The molecule has 1 heterocycles. The number of rotatable bonds is 2. The van der Waals surface area contributed by atoms with Crippen LogP contribution in [0.3, 0.4) is 0 Å². The minimum Gasteiger partial charge on any atom is -0.469 e. The van der Waals surface area contributed by atoms with Crippen molar-refractivity contribution < 1.29 is 13.9 Å². The summed E-state index contributed by atoms with van der Waals surface area (Å²) in [7, 11) is 1.39. The molecule has 0 aromatic heterocycles. The SMILES string of the molecule is COC(=O)[C@@H]1Cc2cc(F)ccc2N[C@@H]1C(C)C. The second kappa shape index (κ2) is 4.96. The number of benzene rings is 1. The standard InChI is InChI=1S/C14H18FNO2/c1-8(2)13-11(14(17)18-3)7-9-6-10(15)4-5-12(9)16-13/h4-6,8,11,13,16H,7H2,1-3H3/t11-,13-/m1/s1. The minimum absolute atomic E-state index is 0.0235. The van der Waals surface area contributed by atoms with Crippen molar-refractivity contribution >= 4 is 11.7 Å². The van der Waals surface area contributed by atoms with Crippen LogP contribution in [0.1, 0.15) is 19.4 Å². The fourth-order valence-electron chi connectivity index (χ4n) is 2.53. The summed E-state index contributed by atoms with van der Waals surface area (Å²) in [6.07, 6.45) is 0.523. The van der Waals surface area contributed by atoms with Crippen LogP contribution in [0.25, 0.3) is 0 Å². The molecule has 0 aliphatic carbocycles. The molecule has 1 aliphatic rings. The van der Waals surface area contributed by atoms with E-state index in [1.807, 2.05) is 0 Å². The fraction of sp³-hybridized carbons (Fsp3) is 0.500. The van der Waals surface area contributed by atoms with E-state index in [-0.39, 0.29) is 23.7 Å². The van der Waals surface area contributed by atoms with Gasteiger partial charge in [0.15, 0.2) is 0 Å². The zero-order valence-corrected chi connectivity index (χ0v) is 10.9. The van der Waals surface area contributed by atoms with E-state index in [1.54, 1.807) is 6.07 Å². The summed E-state index contributed by atoms with van der Waals surface area (Å²) in [6.45, 7) is 4.12. The van der Waals surface area contributed by atoms with Gasteiger partial charge in [0.05, 0.1) is 13.0 Å². The van der Waals surface area contributed by atoms with E-state index in [4.69, 9.17) is 4.74 Å². The molecule has 3 nitrogen and oxygen atoms in total. The van der Waals surface area contributed by atoms with Crippen molar-refractivity contribution in [3.05, 3.63) is 29.6 Å². The monoisotopic (exact) mass is 251 g/mol. The molecule has 0 radical (unpaired) electrons. The van der Waals surface area contributed by atoms with Crippen molar-refractivity contribution in [2.45, 2.75) is 26.3 Å². The number of ether oxygens (including phenoxy) is 1. The van der Waals surface area contributed by atoms with Gasteiger partial charge in [-0.3, -0.25) is 4.79 Å². The molecule has 0 amide bonds. The highest BCUT2D eigenvalue weighted by Crippen LogP contribution is 2.32. The summed E-state index contributed by atoms with van der Waals surface area (Å²) in [4.78, 5) is 11.8. The number of nitrogens with one attached hydrogen (secondary N) is 1. The van der Waals surface area contributed by atoms with Gasteiger partial charge >= 0.3 is 5.97 Å². The molecule has 1 N–H and O–H groups in total. The molecule has 1 aromatic carbocycles. The molecule has 18 heavy (non-hydrogen) atoms. The number of anilines is 1. The quantitative estimate of drug-likeness (QED) is 0.821. The summed E-state index contributed by atoms with van der Waals surface area (Å²) in [6, 6.07) is 4.67. The first kappa shape index (κ1) is 12.9. The molecule has 0 saturated carbocycles. The fourth-order valence-corrected chi connectivity index (χ4v) is 2.53. The molecule has 0 fully saturated rings. The largest absolute Gasteiger partial charge is 0.469 e. The van der Waals surface area contributed by atoms with Gasteiger partial charge in [-0.2, -0.15) is 0 Å². The van der Waals surface area contributed by atoms with Gasteiger partial charge in [0, 0.05) is 11.7 Å². The smallest absolute Gasteiger partial charge is 0.311 e. The van der Waals surface area contributed by atoms with Crippen LogP contribution < -0.4 is 5.32 Å². The van der Waals surface area contributed by atoms with E-state index < -0.39 is 0 Å². The zero-order chi connectivity index (χ0) is 13.3. The molecule has 2 rings (SSSR count). The maximum absolute atomic E-state index is 13.2. The van der Waals surface area contributed by atoms with Crippen molar-refractivity contribution in [3.8, 4) is 0 Å². The first-order valence-electron chi connectivity index (χ1n) is 6.15. The third kappa shape index (κ3) is 2.33. The van der Waals surface area contributed by atoms with Gasteiger partial charge in [-0.05, 0) is 36.1 Å². The first-order chi connectivity index (χ1) is 8.52. The predicted molar refractivity (Wildman–Crippen MR) is 67.9 cm³/mol. The molecule has 0 spiro atoms. The molecule has 0 unspecified atom stereocenters. The summed E-state index contributed by atoms with van der Waals surface area (Å²) in [5.41, 5.74) is 1.75. The summed E-state index contributed by atoms with van der Waals surface area (Å²) >= 11 is 0. The van der Waals surface area contributed by atoms with Gasteiger partial charge in [-0.15, -0.1) is 0 Å². The Bertz CT molecular complexity index is 459. The van der Waals surface area contributed by atoms with Crippen LogP contribution in [0.5, 0.6) is 0 Å². The molecule has 98 valence electrons. The number of carbonyl (C=O) groups is 1. The Balaban J connectivity index is 2.34. The maximum Gasteiger partial charge on any atom is 0.311 e. The van der Waals surface area contributed by atoms with Gasteiger partial charge in [-0.25, -0.2) is 4.39 Å². The Morgan fingerprint density at radius 1 is 1.50 bits per heavy atom. The normalized spacial score (nSPS) is 22.3. The van der Waals surface area contributed by atoms with E-state index in [9.17, 15) is 9.18 Å². The van der Waals surface area contributed by atoms with E-state index in [0.29, 0.717) is 12.3 Å². The number of methoxy groups -OCH3 is 1. The van der Waals surface area contributed by atoms with Crippen molar-refractivity contribution in [3.63, 3.8) is 0 Å². The molecular weight excluding hydrogens is 233 g/mol. The number of fused-ring (bicyclic) bond motifs is 1. The topological polar surface area (TPSA) is 38.3 Å². The second-order valence-electron chi connectivity index (χ2n) is 5.05. The van der Waals surface area contributed by atoms with Crippen LogP contribution in [-0.4, -0.2) is 19.1 Å². The summed E-state index contributed by atoms with van der Waals surface area (Å²) < 4.78 is 18.1. The summed E-state index contributed by atoms with van der Waals surface area (Å²) in [5, 5.41) is 3.32. The number of hydrogen-bond donors (Lipinski definition) is 1. The van der Waals surface area contributed by atoms with Gasteiger partial charge < -0.3 is 10.1 Å². The van der Waals surface area contributed by atoms with Crippen LogP contribution in [0.4, 0.5) is 10.1 Å². The Hall–Kier alpha value is -1.58. The highest BCUT2D eigenvalue weighted by Gasteiger charge is 2.35. The van der Waals surface area contributed by atoms with Crippen LogP contribution in [0.15, 0.2) is 18.2 Å². The van der Waals surface area contributed by atoms with Crippen LogP contribution >= 0.6 is 0 Å². The van der Waals surface area contributed by atoms with Gasteiger partial charge in [-0.1, -0.05) is 13.8 Å². The van der Waals surface area contributed by atoms with Crippen LogP contribution in [-0.2, 0) is 16.0 Å². The lowest BCUT2D eigenvalue weighted by atomic mass is 9.82. The molecule has 2 atom stereocenters. The molecule has 0 bridgehead atoms. The molecule has 0 saturated heterocycles. The molecule has 1 aliphatic heterocycles. The molecule has 4 heteroatoms. The Morgan fingerprint density at radius 3 is 2.83 bits per heavy atom. The average Bonchev–Trinajstić information content (AvgIpc) is 2.35. The van der Waals surface area contributed by atoms with Gasteiger partial charge in [0.2, 0.25) is 0 Å². The van der Waals surface area contributed by atoms with E-state index >= 15 is 0 Å². The maximum atomic E-state index is 13.2. The lowest BCUT2D eigenvalue weighted by Crippen LogP contribution is -2.43. The third-order valence-electron chi connectivity index (χ3n) is 3.48. The third-order valence-corrected chi connectivity index (χ3v) is 3.48. The van der Waals surface area contributed by atoms with Crippen molar-refractivity contribution in [1.82, 2.24) is 0 Å². The van der Waals surface area contributed by atoms with Crippen molar-refractivity contribution in [2.75, 3.05) is 12.4 Å². The molecule has 1 aromatic rings. The van der Waals surface area contributed by atoms with Crippen molar-refractivity contribution in [2.24, 2.45) is 11.8 Å².